The second-order valence-corrected chi connectivity index (χ2v) is 11.6. The number of carboxylic acids is 1. The fraction of sp³-hybridized carbons (Fsp3) is 0.548. The predicted molar refractivity (Wildman–Crippen MR) is 151 cm³/mol. The molecule has 0 spiro atoms. The van der Waals surface area contributed by atoms with Gasteiger partial charge >= 0.3 is 5.97 Å². The Balaban J connectivity index is 2.31. The Hall–Kier alpha value is -3.02. The van der Waals surface area contributed by atoms with Crippen molar-refractivity contribution in [3.05, 3.63) is 62.4 Å². The molecule has 37 heavy (non-hydrogen) atoms. The van der Waals surface area contributed by atoms with Crippen LogP contribution in [0, 0.1) is 11.3 Å². The van der Waals surface area contributed by atoms with Gasteiger partial charge in [0.2, 0.25) is 0 Å². The van der Waals surface area contributed by atoms with Crippen LogP contribution in [0.15, 0.2) is 35.3 Å². The van der Waals surface area contributed by atoms with Crippen molar-refractivity contribution >= 4 is 17.2 Å². The molecule has 0 aliphatic carbocycles. The molecular formula is C31H44N2O4. The lowest BCUT2D eigenvalue weighted by atomic mass is 9.84. The molecule has 0 radical (unpaired) electrons. The van der Waals surface area contributed by atoms with E-state index in [4.69, 9.17) is 4.74 Å². The van der Waals surface area contributed by atoms with E-state index in [0.717, 1.165) is 46.8 Å². The van der Waals surface area contributed by atoms with E-state index in [1.807, 2.05) is 16.7 Å². The third-order valence-electron chi connectivity index (χ3n) is 7.75. The van der Waals surface area contributed by atoms with Crippen molar-refractivity contribution in [3.8, 4) is 5.75 Å². The lowest BCUT2D eigenvalue weighted by molar-refractivity contribution is 0.0693. The molecule has 1 aliphatic heterocycles. The summed E-state index contributed by atoms with van der Waals surface area (Å²) in [6.07, 6.45) is 5.72. The smallest absolute Gasteiger partial charge is 0.341 e. The maximum absolute atomic E-state index is 12.9. The van der Waals surface area contributed by atoms with E-state index in [-0.39, 0.29) is 17.0 Å². The van der Waals surface area contributed by atoms with Crippen molar-refractivity contribution in [1.82, 2.24) is 9.47 Å². The van der Waals surface area contributed by atoms with Gasteiger partial charge in [-0.05, 0) is 43.6 Å². The summed E-state index contributed by atoms with van der Waals surface area (Å²) in [5.74, 6) is 0.346. The minimum Gasteiger partial charge on any atom is -0.493 e. The van der Waals surface area contributed by atoms with Crippen LogP contribution < -0.4 is 20.6 Å². The van der Waals surface area contributed by atoms with E-state index >= 15 is 0 Å². The first-order valence-corrected chi connectivity index (χ1v) is 13.6. The average Bonchev–Trinajstić information content (AvgIpc) is 2.84. The zero-order valence-electron chi connectivity index (χ0n) is 23.9. The molecule has 6 nitrogen and oxygen atoms in total. The van der Waals surface area contributed by atoms with Gasteiger partial charge in [-0.2, -0.15) is 0 Å². The van der Waals surface area contributed by atoms with Crippen molar-refractivity contribution in [2.45, 2.75) is 80.2 Å². The van der Waals surface area contributed by atoms with Crippen molar-refractivity contribution in [2.75, 3.05) is 20.2 Å². The van der Waals surface area contributed by atoms with Gasteiger partial charge in [-0.1, -0.05) is 65.7 Å². The summed E-state index contributed by atoms with van der Waals surface area (Å²) in [6, 6.07) is 7.62. The number of benzene rings is 1. The lowest BCUT2D eigenvalue weighted by Gasteiger charge is -2.43. The minimum absolute atomic E-state index is 0.00496. The lowest BCUT2D eigenvalue weighted by Crippen LogP contribution is -2.46. The number of fused-ring (bicyclic) bond motifs is 1. The van der Waals surface area contributed by atoms with E-state index in [1.165, 1.54) is 24.3 Å². The molecule has 2 unspecified atom stereocenters. The van der Waals surface area contributed by atoms with Crippen LogP contribution in [0.5, 0.6) is 5.75 Å². The maximum Gasteiger partial charge on any atom is 0.341 e. The van der Waals surface area contributed by atoms with Gasteiger partial charge in [-0.3, -0.25) is 4.79 Å². The van der Waals surface area contributed by atoms with Crippen molar-refractivity contribution in [1.29, 1.82) is 0 Å². The van der Waals surface area contributed by atoms with Gasteiger partial charge in [-0.15, -0.1) is 0 Å². The summed E-state index contributed by atoms with van der Waals surface area (Å²) in [5.41, 5.74) is 2.05. The highest BCUT2D eigenvalue weighted by Gasteiger charge is 2.35. The second kappa shape index (κ2) is 11.6. The highest BCUT2D eigenvalue weighted by atomic mass is 16.5. The van der Waals surface area contributed by atoms with Crippen LogP contribution in [0.1, 0.15) is 96.2 Å². The molecule has 0 saturated carbocycles. The van der Waals surface area contributed by atoms with E-state index in [1.54, 1.807) is 0 Å². The quantitative estimate of drug-likeness (QED) is 0.507. The fourth-order valence-electron chi connectivity index (χ4n) is 5.11. The van der Waals surface area contributed by atoms with Crippen LogP contribution >= 0.6 is 0 Å². The molecule has 1 aliphatic rings. The number of carboxylic acid groups (broad SMARTS) is 1. The molecular weight excluding hydrogens is 464 g/mol. The molecule has 2 atom stereocenters. The molecule has 1 aromatic heterocycles. The molecule has 202 valence electrons. The van der Waals surface area contributed by atoms with Crippen LogP contribution in [-0.2, 0) is 0 Å². The topological polar surface area (TPSA) is 71.8 Å². The van der Waals surface area contributed by atoms with Gasteiger partial charge in [0.15, 0.2) is 5.43 Å². The number of hydrogen-bond donors (Lipinski definition) is 1. The Morgan fingerprint density at radius 3 is 2.54 bits per heavy atom. The number of aromatic nitrogens is 1. The highest BCUT2D eigenvalue weighted by molar-refractivity contribution is 5.87. The van der Waals surface area contributed by atoms with Crippen LogP contribution in [0.3, 0.4) is 0 Å². The SMILES string of the molecule is CC/C(C)=c1/c(OCCCC(C)CC)ccc/c1=C1\c2cc(=O)c(C(=O)O)cn2C(C(C)(C)C)CN1C. The summed E-state index contributed by atoms with van der Waals surface area (Å²) >= 11 is 0. The van der Waals surface area contributed by atoms with Crippen LogP contribution in [-0.4, -0.2) is 40.7 Å². The van der Waals surface area contributed by atoms with Gasteiger partial charge in [-0.25, -0.2) is 4.79 Å². The molecule has 6 heteroatoms. The Labute approximate surface area is 221 Å². The largest absolute Gasteiger partial charge is 0.493 e. The molecule has 0 bridgehead atoms. The summed E-state index contributed by atoms with van der Waals surface area (Å²) in [6.45, 7) is 16.6. The molecule has 2 heterocycles. The molecule has 3 rings (SSSR count). The summed E-state index contributed by atoms with van der Waals surface area (Å²) in [7, 11) is 2.05. The summed E-state index contributed by atoms with van der Waals surface area (Å²) < 4.78 is 8.37. The van der Waals surface area contributed by atoms with Crippen molar-refractivity contribution in [3.63, 3.8) is 0 Å². The number of hydrogen-bond acceptors (Lipinski definition) is 4. The first-order valence-electron chi connectivity index (χ1n) is 13.6. The third-order valence-corrected chi connectivity index (χ3v) is 7.75. The van der Waals surface area contributed by atoms with Gasteiger partial charge in [0.1, 0.15) is 11.3 Å². The zero-order chi connectivity index (χ0) is 27.5. The molecule has 2 aromatic rings. The molecule has 0 fully saturated rings. The fourth-order valence-corrected chi connectivity index (χ4v) is 5.11. The zero-order valence-corrected chi connectivity index (χ0v) is 23.9. The van der Waals surface area contributed by atoms with E-state index in [0.29, 0.717) is 19.1 Å². The van der Waals surface area contributed by atoms with Crippen LogP contribution in [0.2, 0.25) is 0 Å². The summed E-state index contributed by atoms with van der Waals surface area (Å²) in [5, 5.41) is 11.7. The number of likely N-dealkylation sites (N-methyl/N-ethyl adjacent to an activating group) is 1. The Bertz CT molecular complexity index is 1320. The normalized spacial score (nSPS) is 18.8. The van der Waals surface area contributed by atoms with Crippen molar-refractivity contribution in [2.24, 2.45) is 11.3 Å². The Kier molecular flexibility index (Phi) is 8.93. The Morgan fingerprint density at radius 1 is 1.24 bits per heavy atom. The number of aromatic carboxylic acids is 1. The standard InChI is InChI=1S/C31H44N2O4/c1-9-20(3)13-12-16-37-26-15-11-14-22(28(26)21(4)10-2)29-24-17-25(34)23(30(35)36)18-33(24)27(19-32(29)8)31(5,6)7/h11,14-15,17-18,20,27H,9-10,12-13,16,19H2,1-8H3,(H,35,36)/b28-21+,29-22-. The van der Waals surface area contributed by atoms with Crippen LogP contribution in [0.4, 0.5) is 0 Å². The number of nitrogens with zero attached hydrogens (tertiary/aromatic N) is 2. The first-order chi connectivity index (χ1) is 17.4. The van der Waals surface area contributed by atoms with Gasteiger partial charge in [0.05, 0.1) is 24.0 Å². The van der Waals surface area contributed by atoms with E-state index in [9.17, 15) is 14.7 Å². The molecule has 0 saturated heterocycles. The number of carbonyl (C=O) groups is 1. The highest BCUT2D eigenvalue weighted by Crippen LogP contribution is 2.37. The predicted octanol–water partition coefficient (Wildman–Crippen LogP) is 5.02. The van der Waals surface area contributed by atoms with E-state index < -0.39 is 11.4 Å². The monoisotopic (exact) mass is 508 g/mol. The Morgan fingerprint density at radius 2 is 1.95 bits per heavy atom. The van der Waals surface area contributed by atoms with Crippen LogP contribution in [0.25, 0.3) is 11.3 Å². The first kappa shape index (κ1) is 28.5. The second-order valence-electron chi connectivity index (χ2n) is 11.6. The number of rotatable bonds is 8. The maximum atomic E-state index is 12.9. The van der Waals surface area contributed by atoms with E-state index in [2.05, 4.69) is 66.5 Å². The summed E-state index contributed by atoms with van der Waals surface area (Å²) in [4.78, 5) is 27.0. The average molecular weight is 509 g/mol. The number of pyridine rings is 1. The number of ether oxygens (including phenoxy) is 1. The molecule has 0 amide bonds. The van der Waals surface area contributed by atoms with Gasteiger partial charge < -0.3 is 19.3 Å². The third kappa shape index (κ3) is 6.11. The molecule has 1 N–H and O–H groups in total. The van der Waals surface area contributed by atoms with Gasteiger partial charge in [0, 0.05) is 36.3 Å². The van der Waals surface area contributed by atoms with Gasteiger partial charge in [0.25, 0.3) is 0 Å². The minimum atomic E-state index is -1.20. The van der Waals surface area contributed by atoms with Crippen molar-refractivity contribution < 1.29 is 14.6 Å². The molecule has 1 aromatic carbocycles.